The first kappa shape index (κ1) is 10.1. The summed E-state index contributed by atoms with van der Waals surface area (Å²) in [6, 6.07) is 0.545. The fourth-order valence-electron chi connectivity index (χ4n) is 1.41. The van der Waals surface area contributed by atoms with Crippen LogP contribution < -0.4 is 0 Å². The molecule has 0 radical (unpaired) electrons. The maximum Gasteiger partial charge on any atom is 0.0711 e. The fourth-order valence-corrected chi connectivity index (χ4v) is 2.77. The molecular formula is C10H19NS. The normalized spacial score (nSPS) is 31.8. The zero-order valence-electron chi connectivity index (χ0n) is 8.50. The Bertz CT molecular complexity index is 177. The van der Waals surface area contributed by atoms with Crippen LogP contribution in [0.15, 0.2) is 4.99 Å². The average Bonchev–Trinajstić information content (AvgIpc) is 2.45. The minimum absolute atomic E-state index is 0.545. The number of nitrogens with zero attached hydrogens (tertiary/aromatic N) is 1. The Labute approximate surface area is 80.0 Å². The smallest absolute Gasteiger partial charge is 0.0711 e. The molecule has 1 nitrogen and oxygen atoms in total. The third kappa shape index (κ3) is 2.03. The van der Waals surface area contributed by atoms with Crippen molar-refractivity contribution < 1.29 is 0 Å². The Kier molecular flexibility index (Phi) is 3.63. The predicted molar refractivity (Wildman–Crippen MR) is 58.0 cm³/mol. The molecule has 0 saturated heterocycles. The average molecular weight is 185 g/mol. The van der Waals surface area contributed by atoms with E-state index in [1.165, 1.54) is 17.9 Å². The van der Waals surface area contributed by atoms with Gasteiger partial charge in [-0.25, -0.2) is 0 Å². The number of thioether (sulfide) groups is 1. The summed E-state index contributed by atoms with van der Waals surface area (Å²) in [4.78, 5) is 4.69. The molecule has 3 unspecified atom stereocenters. The number of aliphatic imine (C=N–C) groups is 1. The molecule has 0 aromatic rings. The second kappa shape index (κ2) is 4.31. The van der Waals surface area contributed by atoms with Crippen molar-refractivity contribution in [2.24, 2.45) is 10.9 Å². The second-order valence-electron chi connectivity index (χ2n) is 3.58. The zero-order chi connectivity index (χ0) is 9.14. The molecule has 0 fully saturated rings. The Morgan fingerprint density at radius 3 is 2.58 bits per heavy atom. The van der Waals surface area contributed by atoms with Crippen molar-refractivity contribution in [3.8, 4) is 0 Å². The molecule has 0 saturated carbocycles. The maximum atomic E-state index is 4.69. The van der Waals surface area contributed by atoms with Crippen LogP contribution in [0.4, 0.5) is 0 Å². The molecule has 1 rings (SSSR count). The minimum Gasteiger partial charge on any atom is -0.278 e. The van der Waals surface area contributed by atoms with Crippen molar-refractivity contribution in [1.82, 2.24) is 0 Å². The number of hydrogen-bond acceptors (Lipinski definition) is 2. The minimum atomic E-state index is 0.545. The van der Waals surface area contributed by atoms with E-state index in [2.05, 4.69) is 27.7 Å². The molecule has 2 heteroatoms. The lowest BCUT2D eigenvalue weighted by Crippen LogP contribution is -2.11. The third-order valence-electron chi connectivity index (χ3n) is 2.58. The molecule has 1 aliphatic heterocycles. The summed E-state index contributed by atoms with van der Waals surface area (Å²) in [7, 11) is 0. The molecule has 12 heavy (non-hydrogen) atoms. The lowest BCUT2D eigenvalue weighted by molar-refractivity contribution is 0.678. The van der Waals surface area contributed by atoms with Crippen LogP contribution in [0.3, 0.4) is 0 Å². The van der Waals surface area contributed by atoms with E-state index in [4.69, 9.17) is 4.99 Å². The van der Waals surface area contributed by atoms with Gasteiger partial charge in [-0.1, -0.05) is 20.8 Å². The Morgan fingerprint density at radius 1 is 1.50 bits per heavy atom. The van der Waals surface area contributed by atoms with E-state index in [1.807, 2.05) is 11.8 Å². The highest BCUT2D eigenvalue weighted by atomic mass is 32.2. The molecule has 0 aliphatic carbocycles. The van der Waals surface area contributed by atoms with Crippen LogP contribution in [0.25, 0.3) is 0 Å². The van der Waals surface area contributed by atoms with Crippen LogP contribution in [0, 0.1) is 5.92 Å². The van der Waals surface area contributed by atoms with Crippen molar-refractivity contribution in [2.45, 2.75) is 51.8 Å². The van der Waals surface area contributed by atoms with Crippen molar-refractivity contribution in [3.05, 3.63) is 0 Å². The van der Waals surface area contributed by atoms with Gasteiger partial charge in [-0.2, -0.15) is 0 Å². The van der Waals surface area contributed by atoms with Gasteiger partial charge in [-0.05, 0) is 19.8 Å². The van der Waals surface area contributed by atoms with Crippen LogP contribution in [0.2, 0.25) is 0 Å². The lowest BCUT2D eigenvalue weighted by Gasteiger charge is -2.10. The molecule has 3 atom stereocenters. The van der Waals surface area contributed by atoms with Crippen LogP contribution in [-0.4, -0.2) is 16.3 Å². The first-order chi connectivity index (χ1) is 5.69. The van der Waals surface area contributed by atoms with Gasteiger partial charge in [0.05, 0.1) is 11.1 Å². The van der Waals surface area contributed by atoms with Crippen LogP contribution >= 0.6 is 11.8 Å². The van der Waals surface area contributed by atoms with Gasteiger partial charge >= 0.3 is 0 Å². The molecule has 0 amide bonds. The Hall–Kier alpha value is 0.0200. The van der Waals surface area contributed by atoms with E-state index in [-0.39, 0.29) is 0 Å². The summed E-state index contributed by atoms with van der Waals surface area (Å²) in [6.45, 7) is 8.99. The zero-order valence-corrected chi connectivity index (χ0v) is 9.32. The van der Waals surface area contributed by atoms with E-state index < -0.39 is 0 Å². The van der Waals surface area contributed by atoms with Gasteiger partial charge in [0.2, 0.25) is 0 Å². The molecule has 0 spiro atoms. The van der Waals surface area contributed by atoms with E-state index in [0.29, 0.717) is 12.0 Å². The summed E-state index contributed by atoms with van der Waals surface area (Å²) in [6.07, 6.45) is 2.46. The number of rotatable bonds is 3. The van der Waals surface area contributed by atoms with Crippen molar-refractivity contribution >= 4 is 16.8 Å². The molecular weight excluding hydrogens is 166 g/mol. The van der Waals surface area contributed by atoms with Crippen LogP contribution in [-0.2, 0) is 0 Å². The van der Waals surface area contributed by atoms with E-state index in [1.54, 1.807) is 0 Å². The van der Waals surface area contributed by atoms with Gasteiger partial charge in [-0.15, -0.1) is 11.8 Å². The molecule has 0 aromatic heterocycles. The van der Waals surface area contributed by atoms with Gasteiger partial charge in [0.25, 0.3) is 0 Å². The van der Waals surface area contributed by atoms with Crippen molar-refractivity contribution in [1.29, 1.82) is 0 Å². The quantitative estimate of drug-likeness (QED) is 0.657. The third-order valence-corrected chi connectivity index (χ3v) is 4.36. The van der Waals surface area contributed by atoms with E-state index >= 15 is 0 Å². The van der Waals surface area contributed by atoms with Gasteiger partial charge in [0.15, 0.2) is 0 Å². The topological polar surface area (TPSA) is 12.4 Å². The fraction of sp³-hybridized carbons (Fsp3) is 0.900. The molecule has 0 aromatic carbocycles. The second-order valence-corrected chi connectivity index (χ2v) is 4.84. The first-order valence-electron chi connectivity index (χ1n) is 4.93. The Morgan fingerprint density at radius 2 is 2.17 bits per heavy atom. The highest BCUT2D eigenvalue weighted by Gasteiger charge is 2.26. The molecule has 70 valence electrons. The highest BCUT2D eigenvalue weighted by molar-refractivity contribution is 8.14. The maximum absolute atomic E-state index is 4.69. The largest absolute Gasteiger partial charge is 0.278 e. The first-order valence-corrected chi connectivity index (χ1v) is 5.81. The lowest BCUT2D eigenvalue weighted by atomic mass is 10.1. The summed E-state index contributed by atoms with van der Waals surface area (Å²) < 4.78 is 0. The Balaban J connectivity index is 2.54. The molecule has 1 aliphatic rings. The predicted octanol–water partition coefficient (Wildman–Crippen LogP) is 3.34. The molecule has 0 N–H and O–H groups in total. The summed E-state index contributed by atoms with van der Waals surface area (Å²) in [5.74, 6) is 0.675. The molecule has 0 bridgehead atoms. The van der Waals surface area contributed by atoms with Gasteiger partial charge in [-0.3, -0.25) is 4.99 Å². The van der Waals surface area contributed by atoms with E-state index in [9.17, 15) is 0 Å². The SMILES string of the molecule is CCC(C)C1=NC(C)C(CC)S1. The standard InChI is InChI=1S/C10H19NS/c1-5-7(3)10-11-8(4)9(6-2)12-10/h7-9H,5-6H2,1-4H3. The van der Waals surface area contributed by atoms with Gasteiger partial charge < -0.3 is 0 Å². The summed E-state index contributed by atoms with van der Waals surface area (Å²) in [5.41, 5.74) is 0. The molecule has 1 heterocycles. The van der Waals surface area contributed by atoms with Gasteiger partial charge in [0.1, 0.15) is 0 Å². The van der Waals surface area contributed by atoms with Crippen molar-refractivity contribution in [3.63, 3.8) is 0 Å². The van der Waals surface area contributed by atoms with E-state index in [0.717, 1.165) is 5.25 Å². The van der Waals surface area contributed by atoms with Crippen LogP contribution in [0.1, 0.15) is 40.5 Å². The van der Waals surface area contributed by atoms with Gasteiger partial charge in [0, 0.05) is 11.2 Å². The monoisotopic (exact) mass is 185 g/mol. The van der Waals surface area contributed by atoms with Crippen LogP contribution in [0.5, 0.6) is 0 Å². The van der Waals surface area contributed by atoms with Crippen molar-refractivity contribution in [2.75, 3.05) is 0 Å². The number of hydrogen-bond donors (Lipinski definition) is 0. The highest BCUT2D eigenvalue weighted by Crippen LogP contribution is 2.32. The summed E-state index contributed by atoms with van der Waals surface area (Å²) >= 11 is 2.00. The summed E-state index contributed by atoms with van der Waals surface area (Å²) in [5, 5.41) is 2.13.